The number of amides is 1. The maximum Gasteiger partial charge on any atom is 0.236 e. The van der Waals surface area contributed by atoms with Gasteiger partial charge in [0.1, 0.15) is 11.5 Å². The monoisotopic (exact) mass is 380 g/mol. The Kier molecular flexibility index (Phi) is 7.56. The van der Waals surface area contributed by atoms with Crippen LogP contribution in [0.15, 0.2) is 42.5 Å². The summed E-state index contributed by atoms with van der Waals surface area (Å²) in [4.78, 5) is 11.8. The molecule has 3 N–H and O–H groups in total. The Balaban J connectivity index is 1.83. The van der Waals surface area contributed by atoms with E-state index < -0.39 is 6.04 Å². The summed E-state index contributed by atoms with van der Waals surface area (Å²) in [5.41, 5.74) is 6.88. The van der Waals surface area contributed by atoms with Crippen LogP contribution < -0.4 is 15.8 Å². The highest BCUT2D eigenvalue weighted by molar-refractivity contribution is 6.42. The van der Waals surface area contributed by atoms with Gasteiger partial charge >= 0.3 is 0 Å². The first kappa shape index (κ1) is 19.6. The second kappa shape index (κ2) is 9.66. The molecule has 0 aliphatic heterocycles. The second-order valence-electron chi connectivity index (χ2n) is 5.76. The van der Waals surface area contributed by atoms with Crippen molar-refractivity contribution >= 4 is 29.1 Å². The molecular weight excluding hydrogens is 359 g/mol. The van der Waals surface area contributed by atoms with E-state index in [0.29, 0.717) is 34.5 Å². The summed E-state index contributed by atoms with van der Waals surface area (Å²) in [6.45, 7) is 2.57. The van der Waals surface area contributed by atoms with E-state index in [1.54, 1.807) is 18.2 Å². The maximum absolute atomic E-state index is 11.8. The lowest BCUT2D eigenvalue weighted by Crippen LogP contribution is -2.41. The van der Waals surface area contributed by atoms with Crippen molar-refractivity contribution < 1.29 is 9.53 Å². The van der Waals surface area contributed by atoms with Crippen LogP contribution in [0.2, 0.25) is 10.0 Å². The second-order valence-corrected chi connectivity index (χ2v) is 6.57. The van der Waals surface area contributed by atoms with Crippen LogP contribution in [0.3, 0.4) is 0 Å². The van der Waals surface area contributed by atoms with E-state index in [-0.39, 0.29) is 5.91 Å². The van der Waals surface area contributed by atoms with Gasteiger partial charge in [-0.1, -0.05) is 48.7 Å². The van der Waals surface area contributed by atoms with Crippen LogP contribution in [0.1, 0.15) is 25.3 Å². The molecule has 1 amide bonds. The Hall–Kier alpha value is -1.75. The zero-order valence-electron chi connectivity index (χ0n) is 14.1. The van der Waals surface area contributed by atoms with Crippen molar-refractivity contribution in [2.45, 2.75) is 32.2 Å². The Labute approximate surface area is 158 Å². The number of halogens is 2. The van der Waals surface area contributed by atoms with Gasteiger partial charge in [-0.05, 0) is 42.7 Å². The summed E-state index contributed by atoms with van der Waals surface area (Å²) in [6, 6.07) is 12.4. The summed E-state index contributed by atoms with van der Waals surface area (Å²) in [6.07, 6.45) is 2.33. The quantitative estimate of drug-likeness (QED) is 0.704. The van der Waals surface area contributed by atoms with Gasteiger partial charge in [0.25, 0.3) is 0 Å². The highest BCUT2D eigenvalue weighted by Crippen LogP contribution is 2.29. The number of carbonyl (C=O) groups excluding carboxylic acids is 1. The number of nitrogens with two attached hydrogens (primary N) is 1. The molecule has 0 heterocycles. The lowest BCUT2D eigenvalue weighted by atomic mass is 10.1. The molecule has 0 aromatic heterocycles. The van der Waals surface area contributed by atoms with Crippen molar-refractivity contribution in [2.24, 2.45) is 5.73 Å². The van der Waals surface area contributed by atoms with Gasteiger partial charge in [-0.3, -0.25) is 4.79 Å². The van der Waals surface area contributed by atoms with Gasteiger partial charge in [0.15, 0.2) is 0 Å². The Morgan fingerprint density at radius 2 is 1.80 bits per heavy atom. The molecule has 1 unspecified atom stereocenters. The zero-order chi connectivity index (χ0) is 18.2. The average molecular weight is 381 g/mol. The van der Waals surface area contributed by atoms with E-state index in [9.17, 15) is 4.79 Å². The molecule has 0 fully saturated rings. The SMILES string of the molecule is CCCC(N)C(=O)NCCc1ccc(Oc2ccc(Cl)c(Cl)c2)cc1. The maximum atomic E-state index is 11.8. The van der Waals surface area contributed by atoms with Crippen LogP contribution in [-0.2, 0) is 11.2 Å². The molecule has 2 aromatic rings. The Morgan fingerprint density at radius 1 is 1.12 bits per heavy atom. The van der Waals surface area contributed by atoms with Gasteiger partial charge in [0.2, 0.25) is 5.91 Å². The molecule has 2 rings (SSSR count). The van der Waals surface area contributed by atoms with Crippen molar-refractivity contribution in [3.05, 3.63) is 58.1 Å². The molecule has 0 saturated heterocycles. The molecule has 6 heteroatoms. The molecule has 0 aliphatic rings. The molecule has 0 aliphatic carbocycles. The van der Waals surface area contributed by atoms with E-state index in [4.69, 9.17) is 33.7 Å². The molecule has 0 spiro atoms. The smallest absolute Gasteiger partial charge is 0.236 e. The Bertz CT molecular complexity index is 705. The first-order valence-corrected chi connectivity index (χ1v) is 9.00. The lowest BCUT2D eigenvalue weighted by molar-refractivity contribution is -0.122. The molecule has 0 radical (unpaired) electrons. The Morgan fingerprint density at radius 3 is 2.44 bits per heavy atom. The van der Waals surface area contributed by atoms with Crippen molar-refractivity contribution in [3.63, 3.8) is 0 Å². The average Bonchev–Trinajstić information content (AvgIpc) is 2.60. The summed E-state index contributed by atoms with van der Waals surface area (Å²) in [5, 5.41) is 3.80. The van der Waals surface area contributed by atoms with Crippen LogP contribution in [0.25, 0.3) is 0 Å². The van der Waals surface area contributed by atoms with Crippen LogP contribution >= 0.6 is 23.2 Å². The topological polar surface area (TPSA) is 64.4 Å². The zero-order valence-corrected chi connectivity index (χ0v) is 15.6. The van der Waals surface area contributed by atoms with Crippen LogP contribution in [-0.4, -0.2) is 18.5 Å². The predicted octanol–water partition coefficient (Wildman–Crippen LogP) is 4.57. The highest BCUT2D eigenvalue weighted by atomic mass is 35.5. The van der Waals surface area contributed by atoms with Gasteiger partial charge in [0.05, 0.1) is 16.1 Å². The molecule has 134 valence electrons. The minimum absolute atomic E-state index is 0.0959. The number of nitrogens with one attached hydrogen (secondary N) is 1. The lowest BCUT2D eigenvalue weighted by Gasteiger charge is -2.11. The molecule has 25 heavy (non-hydrogen) atoms. The summed E-state index contributed by atoms with van der Waals surface area (Å²) in [5.74, 6) is 1.23. The summed E-state index contributed by atoms with van der Waals surface area (Å²) < 4.78 is 5.74. The fourth-order valence-corrected chi connectivity index (χ4v) is 2.59. The minimum atomic E-state index is -0.424. The van der Waals surface area contributed by atoms with Crippen molar-refractivity contribution in [3.8, 4) is 11.5 Å². The number of rotatable bonds is 8. The van der Waals surface area contributed by atoms with E-state index in [2.05, 4.69) is 5.32 Å². The van der Waals surface area contributed by atoms with Crippen LogP contribution in [0, 0.1) is 0 Å². The molecule has 4 nitrogen and oxygen atoms in total. The first-order valence-electron chi connectivity index (χ1n) is 8.24. The van der Waals surface area contributed by atoms with Gasteiger partial charge in [-0.25, -0.2) is 0 Å². The molecule has 0 bridgehead atoms. The van der Waals surface area contributed by atoms with Crippen molar-refractivity contribution in [1.82, 2.24) is 5.32 Å². The van der Waals surface area contributed by atoms with E-state index in [1.165, 1.54) is 0 Å². The summed E-state index contributed by atoms with van der Waals surface area (Å²) in [7, 11) is 0. The third kappa shape index (κ3) is 6.24. The predicted molar refractivity (Wildman–Crippen MR) is 103 cm³/mol. The number of benzene rings is 2. The molecule has 0 saturated carbocycles. The first-order chi connectivity index (χ1) is 12.0. The van der Waals surface area contributed by atoms with Gasteiger partial charge in [0, 0.05) is 12.6 Å². The van der Waals surface area contributed by atoms with Gasteiger partial charge in [-0.15, -0.1) is 0 Å². The summed E-state index contributed by atoms with van der Waals surface area (Å²) >= 11 is 11.9. The normalized spacial score (nSPS) is 11.8. The standard InChI is InChI=1S/C19H22Cl2N2O2/c1-2-3-18(22)19(24)23-11-10-13-4-6-14(7-5-13)25-15-8-9-16(20)17(21)12-15/h4-9,12,18H,2-3,10-11,22H2,1H3,(H,23,24). The van der Waals surface area contributed by atoms with Crippen molar-refractivity contribution in [2.75, 3.05) is 6.54 Å². The van der Waals surface area contributed by atoms with Crippen LogP contribution in [0.4, 0.5) is 0 Å². The van der Waals surface area contributed by atoms with E-state index in [0.717, 1.165) is 18.4 Å². The third-order valence-corrected chi connectivity index (χ3v) is 4.44. The minimum Gasteiger partial charge on any atom is -0.457 e. The fourth-order valence-electron chi connectivity index (χ4n) is 2.30. The molecule has 2 aromatic carbocycles. The highest BCUT2D eigenvalue weighted by Gasteiger charge is 2.11. The number of ether oxygens (including phenoxy) is 1. The van der Waals surface area contributed by atoms with Gasteiger partial charge in [-0.2, -0.15) is 0 Å². The largest absolute Gasteiger partial charge is 0.457 e. The number of hydrogen-bond acceptors (Lipinski definition) is 3. The fraction of sp³-hybridized carbons (Fsp3) is 0.316. The van der Waals surface area contributed by atoms with Gasteiger partial charge < -0.3 is 15.8 Å². The molecule has 1 atom stereocenters. The number of hydrogen-bond donors (Lipinski definition) is 2. The van der Waals surface area contributed by atoms with E-state index >= 15 is 0 Å². The van der Waals surface area contributed by atoms with E-state index in [1.807, 2.05) is 31.2 Å². The molecular formula is C19H22Cl2N2O2. The van der Waals surface area contributed by atoms with Crippen LogP contribution in [0.5, 0.6) is 11.5 Å². The van der Waals surface area contributed by atoms with Crippen molar-refractivity contribution in [1.29, 1.82) is 0 Å². The third-order valence-electron chi connectivity index (χ3n) is 3.70. The number of carbonyl (C=O) groups is 1.